The van der Waals surface area contributed by atoms with Crippen LogP contribution in [0.1, 0.15) is 64.1 Å². The lowest BCUT2D eigenvalue weighted by Crippen LogP contribution is -2.39. The molecule has 21 heavy (non-hydrogen) atoms. The molecule has 0 spiro atoms. The van der Waals surface area contributed by atoms with Gasteiger partial charge in [-0.2, -0.15) is 0 Å². The molecule has 116 valence electrons. The monoisotopic (exact) mass is 306 g/mol. The van der Waals surface area contributed by atoms with Crippen molar-refractivity contribution in [3.63, 3.8) is 0 Å². The lowest BCUT2D eigenvalue weighted by molar-refractivity contribution is 0.502. The number of hydrogen-bond acceptors (Lipinski definition) is 2. The number of allylic oxidation sites excluding steroid dienone is 1. The van der Waals surface area contributed by atoms with Gasteiger partial charge in [-0.05, 0) is 44.7 Å². The summed E-state index contributed by atoms with van der Waals surface area (Å²) >= 11 is 6.47. The number of aromatic nitrogens is 1. The fraction of sp³-hybridized carbons (Fsp3) is 0.611. The van der Waals surface area contributed by atoms with Gasteiger partial charge in [-0.15, -0.1) is 0 Å². The first kappa shape index (κ1) is 16.4. The second-order valence-corrected chi connectivity index (χ2v) is 6.30. The van der Waals surface area contributed by atoms with Crippen LogP contribution in [0, 0.1) is 6.92 Å². The standard InChI is InChI=1S/C18H27ClN2/c1-5-8-15(9-6-2)21-11-10-14(7-3)17-16(21)12-13(4)20-18(17)19/h7,12,15H,5-6,8-11H2,1-4H3. The molecule has 2 heterocycles. The van der Waals surface area contributed by atoms with Crippen molar-refractivity contribution in [1.29, 1.82) is 0 Å². The van der Waals surface area contributed by atoms with E-state index < -0.39 is 0 Å². The van der Waals surface area contributed by atoms with E-state index >= 15 is 0 Å². The van der Waals surface area contributed by atoms with Crippen LogP contribution in [0.4, 0.5) is 5.69 Å². The van der Waals surface area contributed by atoms with Crippen LogP contribution < -0.4 is 4.90 Å². The number of aryl methyl sites for hydroxylation is 1. The van der Waals surface area contributed by atoms with Crippen molar-refractivity contribution in [3.8, 4) is 0 Å². The van der Waals surface area contributed by atoms with Gasteiger partial charge in [0.15, 0.2) is 0 Å². The fourth-order valence-electron chi connectivity index (χ4n) is 3.42. The summed E-state index contributed by atoms with van der Waals surface area (Å²) in [5.74, 6) is 0. The number of anilines is 1. The highest BCUT2D eigenvalue weighted by Gasteiger charge is 2.27. The number of pyridine rings is 1. The van der Waals surface area contributed by atoms with E-state index in [-0.39, 0.29) is 0 Å². The number of rotatable bonds is 5. The average Bonchev–Trinajstić information content (AvgIpc) is 2.45. The molecule has 0 bridgehead atoms. The third kappa shape index (κ3) is 3.42. The minimum atomic E-state index is 0.620. The van der Waals surface area contributed by atoms with Crippen LogP contribution in [0.3, 0.4) is 0 Å². The van der Waals surface area contributed by atoms with Gasteiger partial charge in [0, 0.05) is 29.5 Å². The normalized spacial score (nSPS) is 16.7. The molecule has 1 aromatic rings. The minimum Gasteiger partial charge on any atom is -0.368 e. The summed E-state index contributed by atoms with van der Waals surface area (Å²) in [6.07, 6.45) is 8.20. The van der Waals surface area contributed by atoms with E-state index in [0.717, 1.165) is 24.2 Å². The maximum absolute atomic E-state index is 6.47. The van der Waals surface area contributed by atoms with Crippen molar-refractivity contribution < 1.29 is 0 Å². The number of hydrogen-bond donors (Lipinski definition) is 0. The van der Waals surface area contributed by atoms with Crippen LogP contribution in [0.5, 0.6) is 0 Å². The molecule has 0 saturated carbocycles. The molecule has 0 fully saturated rings. The van der Waals surface area contributed by atoms with Crippen molar-refractivity contribution in [2.24, 2.45) is 0 Å². The Morgan fingerprint density at radius 3 is 2.57 bits per heavy atom. The van der Waals surface area contributed by atoms with Crippen LogP contribution in [0.15, 0.2) is 12.1 Å². The van der Waals surface area contributed by atoms with Gasteiger partial charge in [0.05, 0.1) is 0 Å². The second kappa shape index (κ2) is 7.31. The van der Waals surface area contributed by atoms with Crippen molar-refractivity contribution in [3.05, 3.63) is 28.6 Å². The molecule has 1 aliphatic heterocycles. The largest absolute Gasteiger partial charge is 0.368 e. The fourth-order valence-corrected chi connectivity index (χ4v) is 3.77. The summed E-state index contributed by atoms with van der Waals surface area (Å²) < 4.78 is 0. The van der Waals surface area contributed by atoms with E-state index in [1.54, 1.807) is 0 Å². The zero-order valence-electron chi connectivity index (χ0n) is 13.7. The Labute approximate surface area is 134 Å². The predicted octanol–water partition coefficient (Wildman–Crippen LogP) is 5.63. The molecule has 0 aliphatic carbocycles. The highest BCUT2D eigenvalue weighted by atomic mass is 35.5. The quantitative estimate of drug-likeness (QED) is 0.656. The maximum atomic E-state index is 6.47. The van der Waals surface area contributed by atoms with Crippen molar-refractivity contribution in [2.75, 3.05) is 11.4 Å². The summed E-state index contributed by atoms with van der Waals surface area (Å²) in [5.41, 5.74) is 4.80. The van der Waals surface area contributed by atoms with Crippen molar-refractivity contribution in [2.45, 2.75) is 65.8 Å². The number of nitrogens with zero attached hydrogens (tertiary/aromatic N) is 2. The lowest BCUT2D eigenvalue weighted by Gasteiger charge is -2.39. The van der Waals surface area contributed by atoms with Crippen LogP contribution >= 0.6 is 11.6 Å². The van der Waals surface area contributed by atoms with Gasteiger partial charge < -0.3 is 4.90 Å². The van der Waals surface area contributed by atoms with Crippen molar-refractivity contribution >= 4 is 22.9 Å². The molecule has 0 amide bonds. The number of fused-ring (bicyclic) bond motifs is 1. The zero-order valence-corrected chi connectivity index (χ0v) is 14.5. The smallest absolute Gasteiger partial charge is 0.138 e. The van der Waals surface area contributed by atoms with E-state index in [1.807, 2.05) is 6.92 Å². The van der Waals surface area contributed by atoms with E-state index in [1.165, 1.54) is 36.9 Å². The van der Waals surface area contributed by atoms with Crippen LogP contribution in [-0.2, 0) is 0 Å². The van der Waals surface area contributed by atoms with Gasteiger partial charge in [0.25, 0.3) is 0 Å². The van der Waals surface area contributed by atoms with Gasteiger partial charge >= 0.3 is 0 Å². The Morgan fingerprint density at radius 1 is 1.33 bits per heavy atom. The first-order chi connectivity index (χ1) is 10.1. The summed E-state index contributed by atoms with van der Waals surface area (Å²) in [6, 6.07) is 2.83. The Kier molecular flexibility index (Phi) is 5.69. The third-order valence-electron chi connectivity index (χ3n) is 4.37. The van der Waals surface area contributed by atoms with Crippen LogP contribution in [-0.4, -0.2) is 17.6 Å². The molecule has 1 aromatic heterocycles. The van der Waals surface area contributed by atoms with Crippen LogP contribution in [0.25, 0.3) is 5.57 Å². The second-order valence-electron chi connectivity index (χ2n) is 5.94. The molecule has 0 radical (unpaired) electrons. The number of halogens is 1. The summed E-state index contributed by atoms with van der Waals surface area (Å²) in [6.45, 7) is 9.77. The lowest BCUT2D eigenvalue weighted by atomic mass is 9.93. The first-order valence-corrected chi connectivity index (χ1v) is 8.59. The molecule has 2 rings (SSSR count). The summed E-state index contributed by atoms with van der Waals surface area (Å²) in [4.78, 5) is 7.05. The van der Waals surface area contributed by atoms with Gasteiger partial charge in [-0.3, -0.25) is 0 Å². The Hall–Kier alpha value is -1.02. The summed E-state index contributed by atoms with van der Waals surface area (Å²) in [7, 11) is 0. The Bertz CT molecular complexity index is 516. The van der Waals surface area contributed by atoms with Gasteiger partial charge in [0.2, 0.25) is 0 Å². The van der Waals surface area contributed by atoms with Gasteiger partial charge in [-0.25, -0.2) is 4.98 Å². The molecule has 0 unspecified atom stereocenters. The molecular weight excluding hydrogens is 280 g/mol. The molecular formula is C18H27ClN2. The Balaban J connectivity index is 2.48. The molecule has 0 atom stereocenters. The minimum absolute atomic E-state index is 0.620. The van der Waals surface area contributed by atoms with Gasteiger partial charge in [0.1, 0.15) is 5.15 Å². The van der Waals surface area contributed by atoms with E-state index in [9.17, 15) is 0 Å². The molecule has 1 aliphatic rings. The Morgan fingerprint density at radius 2 is 2.00 bits per heavy atom. The topological polar surface area (TPSA) is 16.1 Å². The predicted molar refractivity (Wildman–Crippen MR) is 93.2 cm³/mol. The van der Waals surface area contributed by atoms with Crippen molar-refractivity contribution in [1.82, 2.24) is 4.98 Å². The molecule has 2 nitrogen and oxygen atoms in total. The first-order valence-electron chi connectivity index (χ1n) is 8.21. The molecule has 0 aromatic carbocycles. The van der Waals surface area contributed by atoms with E-state index in [2.05, 4.69) is 42.8 Å². The van der Waals surface area contributed by atoms with Gasteiger partial charge in [-0.1, -0.05) is 44.4 Å². The van der Waals surface area contributed by atoms with E-state index in [0.29, 0.717) is 11.2 Å². The molecule has 0 saturated heterocycles. The van der Waals surface area contributed by atoms with E-state index in [4.69, 9.17) is 11.6 Å². The molecule has 0 N–H and O–H groups in total. The average molecular weight is 307 g/mol. The molecule has 3 heteroatoms. The highest BCUT2D eigenvalue weighted by molar-refractivity contribution is 6.31. The highest BCUT2D eigenvalue weighted by Crippen LogP contribution is 2.40. The SMILES string of the molecule is CC=C1CCN(C(CCC)CCC)c2cc(C)nc(Cl)c21. The summed E-state index contributed by atoms with van der Waals surface area (Å²) in [5, 5.41) is 0.662. The van der Waals surface area contributed by atoms with Crippen LogP contribution in [0.2, 0.25) is 5.15 Å². The maximum Gasteiger partial charge on any atom is 0.138 e. The zero-order chi connectivity index (χ0) is 15.4. The third-order valence-corrected chi connectivity index (χ3v) is 4.64.